The van der Waals surface area contributed by atoms with E-state index in [-0.39, 0.29) is 33.6 Å². The average Bonchev–Trinajstić information content (AvgIpc) is 2.93. The summed E-state index contributed by atoms with van der Waals surface area (Å²) in [7, 11) is 0. The number of allylic oxidation sites excluding steroid dienone is 2. The standard InChI is InChI=1S/C30H34N2O11/c1-13(2)6-7-15-12-16(8-10-18(15)33)26(37)32-20-21(34)17-9-11-19(14(3)23(17)41-27(20)38)40-28-22(35)24(42-29(31)39)25(36)30(4,5)43-28/h6,8-12,22,24-25,28,33-36H,7H2,1-5H3,(H2,31,39)(H,32,37). The van der Waals surface area contributed by atoms with Gasteiger partial charge in [-0.2, -0.15) is 0 Å². The van der Waals surface area contributed by atoms with E-state index < -0.39 is 59.3 Å². The number of aryl methyl sites for hydroxylation is 1. The predicted octanol–water partition coefficient (Wildman–Crippen LogP) is 2.97. The first-order valence-corrected chi connectivity index (χ1v) is 13.3. The van der Waals surface area contributed by atoms with Crippen LogP contribution in [0.3, 0.4) is 0 Å². The maximum absolute atomic E-state index is 13.0. The van der Waals surface area contributed by atoms with Crippen LogP contribution in [0.25, 0.3) is 11.0 Å². The van der Waals surface area contributed by atoms with E-state index >= 15 is 0 Å². The van der Waals surface area contributed by atoms with Crippen molar-refractivity contribution in [3.63, 3.8) is 0 Å². The zero-order valence-corrected chi connectivity index (χ0v) is 24.2. The highest BCUT2D eigenvalue weighted by Crippen LogP contribution is 2.38. The number of nitrogens with one attached hydrogen (secondary N) is 1. The van der Waals surface area contributed by atoms with Gasteiger partial charge in [-0.1, -0.05) is 11.6 Å². The molecule has 0 spiro atoms. The quantitative estimate of drug-likeness (QED) is 0.172. The fourth-order valence-corrected chi connectivity index (χ4v) is 4.66. The van der Waals surface area contributed by atoms with Gasteiger partial charge in [0, 0.05) is 11.1 Å². The first-order chi connectivity index (χ1) is 20.1. The highest BCUT2D eigenvalue weighted by Gasteiger charge is 2.52. The Morgan fingerprint density at radius 3 is 2.49 bits per heavy atom. The molecule has 1 aromatic heterocycles. The smallest absolute Gasteiger partial charge is 0.404 e. The number of ether oxygens (including phenoxy) is 3. The number of aliphatic hydroxyl groups excluding tert-OH is 2. The van der Waals surface area contributed by atoms with E-state index in [1.807, 2.05) is 19.9 Å². The number of aromatic hydroxyl groups is 2. The lowest BCUT2D eigenvalue weighted by atomic mass is 9.89. The minimum absolute atomic E-state index is 0.0115. The van der Waals surface area contributed by atoms with Crippen molar-refractivity contribution in [3.05, 3.63) is 69.1 Å². The van der Waals surface area contributed by atoms with E-state index in [4.69, 9.17) is 24.4 Å². The number of hydrogen-bond acceptors (Lipinski definition) is 11. The summed E-state index contributed by atoms with van der Waals surface area (Å²) < 4.78 is 21.9. The lowest BCUT2D eigenvalue weighted by molar-refractivity contribution is -0.300. The highest BCUT2D eigenvalue weighted by atomic mass is 16.7. The molecule has 13 heteroatoms. The predicted molar refractivity (Wildman–Crippen MR) is 154 cm³/mol. The molecule has 0 radical (unpaired) electrons. The lowest BCUT2D eigenvalue weighted by Crippen LogP contribution is -2.64. The number of carbonyl (C=O) groups is 2. The monoisotopic (exact) mass is 598 g/mol. The molecule has 1 aliphatic heterocycles. The van der Waals surface area contributed by atoms with Crippen molar-refractivity contribution >= 4 is 28.7 Å². The van der Waals surface area contributed by atoms with Crippen LogP contribution in [-0.2, 0) is 15.9 Å². The molecule has 230 valence electrons. The number of phenolic OH excluding ortho intramolecular Hbond substituents is 1. The molecule has 2 aromatic carbocycles. The van der Waals surface area contributed by atoms with Crippen LogP contribution < -0.4 is 21.4 Å². The molecule has 1 fully saturated rings. The maximum atomic E-state index is 13.0. The number of carbonyl (C=O) groups excluding carboxylic acids is 2. The molecule has 13 nitrogen and oxygen atoms in total. The molecule has 4 atom stereocenters. The largest absolute Gasteiger partial charge is 0.508 e. The van der Waals surface area contributed by atoms with Crippen LogP contribution in [0.2, 0.25) is 0 Å². The zero-order valence-electron chi connectivity index (χ0n) is 24.2. The average molecular weight is 599 g/mol. The molecular weight excluding hydrogens is 564 g/mol. The second kappa shape index (κ2) is 12.0. The van der Waals surface area contributed by atoms with Crippen LogP contribution in [0, 0.1) is 6.92 Å². The van der Waals surface area contributed by atoms with Crippen molar-refractivity contribution in [1.82, 2.24) is 0 Å². The number of rotatable bonds is 7. The number of fused-ring (bicyclic) bond motifs is 1. The van der Waals surface area contributed by atoms with Crippen LogP contribution in [0.1, 0.15) is 49.2 Å². The van der Waals surface area contributed by atoms with E-state index in [0.717, 1.165) is 5.57 Å². The van der Waals surface area contributed by atoms with Gasteiger partial charge in [-0.3, -0.25) is 4.79 Å². The second-order valence-corrected chi connectivity index (χ2v) is 11.0. The number of primary amides is 1. The lowest BCUT2D eigenvalue weighted by Gasteiger charge is -2.45. The Labute approximate surface area is 246 Å². The van der Waals surface area contributed by atoms with Crippen molar-refractivity contribution in [1.29, 1.82) is 0 Å². The summed E-state index contributed by atoms with van der Waals surface area (Å²) in [5.74, 6) is -1.17. The van der Waals surface area contributed by atoms with Gasteiger partial charge in [0.05, 0.1) is 11.0 Å². The van der Waals surface area contributed by atoms with Gasteiger partial charge in [0.1, 0.15) is 23.2 Å². The Balaban J connectivity index is 1.63. The van der Waals surface area contributed by atoms with E-state index in [9.17, 15) is 34.8 Å². The Morgan fingerprint density at radius 1 is 1.14 bits per heavy atom. The number of aliphatic hydroxyl groups is 2. The molecular formula is C30H34N2O11. The third-order valence-corrected chi connectivity index (χ3v) is 7.11. The molecule has 0 aliphatic carbocycles. The summed E-state index contributed by atoms with van der Waals surface area (Å²) in [6, 6.07) is 7.02. The van der Waals surface area contributed by atoms with Gasteiger partial charge in [-0.25, -0.2) is 9.59 Å². The molecule has 0 bridgehead atoms. The number of anilines is 1. The third kappa shape index (κ3) is 6.43. The van der Waals surface area contributed by atoms with E-state index in [1.54, 1.807) is 0 Å². The van der Waals surface area contributed by atoms with E-state index in [2.05, 4.69) is 5.32 Å². The van der Waals surface area contributed by atoms with Crippen LogP contribution in [-0.4, -0.2) is 62.6 Å². The van der Waals surface area contributed by atoms with Crippen molar-refractivity contribution < 1.29 is 48.6 Å². The molecule has 43 heavy (non-hydrogen) atoms. The second-order valence-electron chi connectivity index (χ2n) is 11.0. The topological polar surface area (TPSA) is 211 Å². The van der Waals surface area contributed by atoms with Crippen molar-refractivity contribution in [2.45, 2.75) is 71.2 Å². The van der Waals surface area contributed by atoms with Crippen molar-refractivity contribution in [2.75, 3.05) is 5.32 Å². The Morgan fingerprint density at radius 2 is 1.84 bits per heavy atom. The maximum Gasteiger partial charge on any atom is 0.404 e. The SMILES string of the molecule is CC(C)=CCc1cc(C(=O)Nc2c(O)c3ccc(OC4OC(C)(C)C(O)C(OC(N)=O)C4O)c(C)c3oc2=O)ccc1O. The molecule has 4 rings (SSSR count). The van der Waals surface area contributed by atoms with E-state index in [1.165, 1.54) is 51.1 Å². The summed E-state index contributed by atoms with van der Waals surface area (Å²) in [4.78, 5) is 37.2. The normalized spacial score (nSPS) is 21.2. The molecule has 7 N–H and O–H groups in total. The van der Waals surface area contributed by atoms with Crippen molar-refractivity contribution in [3.8, 4) is 17.2 Å². The minimum Gasteiger partial charge on any atom is -0.508 e. The van der Waals surface area contributed by atoms with Gasteiger partial charge >= 0.3 is 11.7 Å². The summed E-state index contributed by atoms with van der Waals surface area (Å²) in [6.45, 7) is 8.33. The van der Waals surface area contributed by atoms with Gasteiger partial charge in [0.15, 0.2) is 23.6 Å². The number of nitrogens with two attached hydrogens (primary N) is 1. The van der Waals surface area contributed by atoms with Crippen LogP contribution >= 0.6 is 0 Å². The molecule has 1 saturated heterocycles. The number of benzene rings is 2. The van der Waals surface area contributed by atoms with Gasteiger partial charge < -0.3 is 50.1 Å². The Bertz CT molecular complexity index is 1660. The number of amides is 2. The van der Waals surface area contributed by atoms with Gasteiger partial charge in [-0.15, -0.1) is 0 Å². The first kappa shape index (κ1) is 31.3. The highest BCUT2D eigenvalue weighted by molar-refractivity contribution is 6.06. The molecule has 4 unspecified atom stereocenters. The molecule has 3 aromatic rings. The number of phenols is 1. The molecule has 2 amide bonds. The fourth-order valence-electron chi connectivity index (χ4n) is 4.66. The van der Waals surface area contributed by atoms with Crippen LogP contribution in [0.4, 0.5) is 10.5 Å². The summed E-state index contributed by atoms with van der Waals surface area (Å²) in [5, 5.41) is 44.8. The Kier molecular flexibility index (Phi) is 8.71. The zero-order chi connectivity index (χ0) is 31.8. The van der Waals surface area contributed by atoms with Crippen molar-refractivity contribution in [2.24, 2.45) is 5.73 Å². The summed E-state index contributed by atoms with van der Waals surface area (Å²) >= 11 is 0. The summed E-state index contributed by atoms with van der Waals surface area (Å²) in [6.07, 6.45) is -4.91. The van der Waals surface area contributed by atoms with E-state index in [0.29, 0.717) is 12.0 Å². The van der Waals surface area contributed by atoms with Gasteiger partial charge in [-0.05, 0) is 76.9 Å². The first-order valence-electron chi connectivity index (χ1n) is 13.3. The van der Waals surface area contributed by atoms with Gasteiger partial charge in [0.25, 0.3) is 5.91 Å². The molecule has 1 aliphatic rings. The van der Waals surface area contributed by atoms with Crippen LogP contribution in [0.5, 0.6) is 17.2 Å². The van der Waals surface area contributed by atoms with Crippen LogP contribution in [0.15, 0.2) is 51.2 Å². The minimum atomic E-state index is -1.65. The molecule has 2 heterocycles. The molecule has 0 saturated carbocycles. The summed E-state index contributed by atoms with van der Waals surface area (Å²) in [5.41, 5.74) is 4.08. The number of hydrogen-bond donors (Lipinski definition) is 6. The van der Waals surface area contributed by atoms with Gasteiger partial charge in [0.2, 0.25) is 6.29 Å². The Hall–Kier alpha value is -4.59. The fraction of sp³-hybridized carbons (Fsp3) is 0.367. The third-order valence-electron chi connectivity index (χ3n) is 7.11.